The zero-order chi connectivity index (χ0) is 12.3. The van der Waals surface area contributed by atoms with Gasteiger partial charge in [-0.1, -0.05) is 0 Å². The van der Waals surface area contributed by atoms with Crippen LogP contribution >= 0.6 is 0 Å². The maximum absolute atomic E-state index is 13.3. The van der Waals surface area contributed by atoms with Gasteiger partial charge < -0.3 is 11.1 Å². The number of non-ortho nitro benzene ring substituents is 1. The summed E-state index contributed by atoms with van der Waals surface area (Å²) in [4.78, 5) is 20.8. The zero-order valence-corrected chi connectivity index (χ0v) is 8.44. The number of benzene rings is 1. The van der Waals surface area contributed by atoms with Gasteiger partial charge in [-0.05, 0) is 13.0 Å². The van der Waals surface area contributed by atoms with Crippen LogP contribution < -0.4 is 11.1 Å². The minimum Gasteiger partial charge on any atom is -0.322 e. The number of rotatable bonds is 3. The number of nitro groups is 1. The van der Waals surface area contributed by atoms with Crippen molar-refractivity contribution in [1.29, 1.82) is 0 Å². The van der Waals surface area contributed by atoms with Crippen LogP contribution in [0.25, 0.3) is 0 Å². The highest BCUT2D eigenvalue weighted by molar-refractivity contribution is 5.94. The Kier molecular flexibility index (Phi) is 3.51. The second-order valence-corrected chi connectivity index (χ2v) is 3.20. The number of halogens is 1. The number of carbonyl (C=O) groups is 1. The van der Waals surface area contributed by atoms with Gasteiger partial charge in [0.2, 0.25) is 5.91 Å². The fourth-order valence-electron chi connectivity index (χ4n) is 0.966. The molecule has 0 radical (unpaired) electrons. The van der Waals surface area contributed by atoms with E-state index in [2.05, 4.69) is 5.32 Å². The maximum atomic E-state index is 13.3. The number of carbonyl (C=O) groups excluding carboxylic acids is 1. The van der Waals surface area contributed by atoms with Crippen LogP contribution in [0.3, 0.4) is 0 Å². The number of anilines is 1. The van der Waals surface area contributed by atoms with Crippen molar-refractivity contribution >= 4 is 17.3 Å². The molecule has 0 fully saturated rings. The van der Waals surface area contributed by atoms with Crippen molar-refractivity contribution in [1.82, 2.24) is 0 Å². The van der Waals surface area contributed by atoms with Crippen molar-refractivity contribution in [2.75, 3.05) is 5.32 Å². The number of nitro benzene ring substituents is 1. The Morgan fingerprint density at radius 3 is 2.69 bits per heavy atom. The largest absolute Gasteiger partial charge is 0.322 e. The molecule has 1 aromatic carbocycles. The Morgan fingerprint density at radius 2 is 2.25 bits per heavy atom. The van der Waals surface area contributed by atoms with E-state index >= 15 is 0 Å². The van der Waals surface area contributed by atoms with E-state index in [-0.39, 0.29) is 11.4 Å². The van der Waals surface area contributed by atoms with Gasteiger partial charge in [0.25, 0.3) is 5.69 Å². The van der Waals surface area contributed by atoms with Gasteiger partial charge in [-0.3, -0.25) is 14.9 Å². The molecule has 1 amide bonds. The second-order valence-electron chi connectivity index (χ2n) is 3.20. The van der Waals surface area contributed by atoms with Crippen LogP contribution in [-0.2, 0) is 4.79 Å². The normalized spacial score (nSPS) is 11.9. The molecule has 1 rings (SSSR count). The third-order valence-electron chi connectivity index (χ3n) is 1.83. The molecule has 0 saturated carbocycles. The van der Waals surface area contributed by atoms with Crippen LogP contribution in [-0.4, -0.2) is 16.9 Å². The lowest BCUT2D eigenvalue weighted by Gasteiger charge is -2.08. The quantitative estimate of drug-likeness (QED) is 0.594. The van der Waals surface area contributed by atoms with E-state index in [0.717, 1.165) is 18.2 Å². The Morgan fingerprint density at radius 1 is 1.62 bits per heavy atom. The third-order valence-corrected chi connectivity index (χ3v) is 1.83. The summed E-state index contributed by atoms with van der Waals surface area (Å²) in [6, 6.07) is 2.17. The molecule has 0 aliphatic rings. The van der Waals surface area contributed by atoms with Gasteiger partial charge >= 0.3 is 0 Å². The molecule has 0 spiro atoms. The lowest BCUT2D eigenvalue weighted by molar-refractivity contribution is -0.385. The molecule has 7 heteroatoms. The number of hydrogen-bond donors (Lipinski definition) is 2. The summed E-state index contributed by atoms with van der Waals surface area (Å²) in [6.45, 7) is 1.44. The van der Waals surface area contributed by atoms with Crippen LogP contribution in [0, 0.1) is 15.9 Å². The lowest BCUT2D eigenvalue weighted by Crippen LogP contribution is -2.32. The second kappa shape index (κ2) is 4.67. The molecule has 0 unspecified atom stereocenters. The van der Waals surface area contributed by atoms with Gasteiger partial charge in [0.1, 0.15) is 0 Å². The molecule has 3 N–H and O–H groups in total. The number of amides is 1. The molecule has 1 atom stereocenters. The molecule has 0 aliphatic carbocycles. The highest BCUT2D eigenvalue weighted by atomic mass is 19.1. The van der Waals surface area contributed by atoms with Crippen molar-refractivity contribution in [3.8, 4) is 0 Å². The Hall–Kier alpha value is -2.02. The van der Waals surface area contributed by atoms with Crippen LogP contribution in [0.1, 0.15) is 6.92 Å². The first-order valence-electron chi connectivity index (χ1n) is 4.42. The van der Waals surface area contributed by atoms with Gasteiger partial charge in [-0.15, -0.1) is 0 Å². The fourth-order valence-corrected chi connectivity index (χ4v) is 0.966. The molecule has 86 valence electrons. The third kappa shape index (κ3) is 2.74. The summed E-state index contributed by atoms with van der Waals surface area (Å²) in [5, 5.41) is 12.5. The van der Waals surface area contributed by atoms with E-state index in [9.17, 15) is 19.3 Å². The van der Waals surface area contributed by atoms with E-state index < -0.39 is 22.7 Å². The topological polar surface area (TPSA) is 98.3 Å². The summed E-state index contributed by atoms with van der Waals surface area (Å²) >= 11 is 0. The maximum Gasteiger partial charge on any atom is 0.272 e. The van der Waals surface area contributed by atoms with Gasteiger partial charge in [0.15, 0.2) is 5.82 Å². The number of hydrogen-bond acceptors (Lipinski definition) is 4. The molecular weight excluding hydrogens is 217 g/mol. The summed E-state index contributed by atoms with van der Waals surface area (Å²) < 4.78 is 13.3. The molecule has 0 aromatic heterocycles. The smallest absolute Gasteiger partial charge is 0.272 e. The van der Waals surface area contributed by atoms with Gasteiger partial charge in [0, 0.05) is 6.07 Å². The monoisotopic (exact) mass is 227 g/mol. The minimum atomic E-state index is -0.872. The fraction of sp³-hybridized carbons (Fsp3) is 0.222. The SMILES string of the molecule is C[C@@H](N)C(=O)Nc1ccc([N+](=O)[O-])cc1F. The first kappa shape index (κ1) is 12.1. The molecule has 1 aromatic rings. The minimum absolute atomic E-state index is 0.132. The Labute approximate surface area is 90.4 Å². The molecule has 6 nitrogen and oxygen atoms in total. The Balaban J connectivity index is 2.91. The number of nitrogens with zero attached hydrogens (tertiary/aromatic N) is 1. The van der Waals surface area contributed by atoms with Crippen molar-refractivity contribution in [2.24, 2.45) is 5.73 Å². The standard InChI is InChI=1S/C9H10FN3O3/c1-5(11)9(14)12-8-3-2-6(13(15)16)4-7(8)10/h2-5H,11H2,1H3,(H,12,14)/t5-/m1/s1. The number of nitrogens with one attached hydrogen (secondary N) is 1. The molecular formula is C9H10FN3O3. The first-order valence-corrected chi connectivity index (χ1v) is 4.42. The molecule has 16 heavy (non-hydrogen) atoms. The van der Waals surface area contributed by atoms with E-state index in [1.807, 2.05) is 0 Å². The molecule has 0 aliphatic heterocycles. The van der Waals surface area contributed by atoms with Crippen molar-refractivity contribution in [3.63, 3.8) is 0 Å². The van der Waals surface area contributed by atoms with Crippen LogP contribution in [0.4, 0.5) is 15.8 Å². The first-order chi connectivity index (χ1) is 7.41. The Bertz CT molecular complexity index is 434. The summed E-state index contributed by atoms with van der Waals surface area (Å²) in [6.07, 6.45) is 0. The number of nitrogens with two attached hydrogens (primary N) is 1. The van der Waals surface area contributed by atoms with E-state index in [0.29, 0.717) is 0 Å². The van der Waals surface area contributed by atoms with Gasteiger partial charge in [0.05, 0.1) is 22.7 Å². The van der Waals surface area contributed by atoms with E-state index in [4.69, 9.17) is 5.73 Å². The van der Waals surface area contributed by atoms with E-state index in [1.165, 1.54) is 6.92 Å². The predicted octanol–water partition coefficient (Wildman–Crippen LogP) is 1.02. The predicted molar refractivity (Wildman–Crippen MR) is 55.3 cm³/mol. The summed E-state index contributed by atoms with van der Waals surface area (Å²) in [5.74, 6) is -1.43. The molecule has 0 heterocycles. The van der Waals surface area contributed by atoms with Crippen LogP contribution in [0.2, 0.25) is 0 Å². The molecule has 0 bridgehead atoms. The summed E-state index contributed by atoms with van der Waals surface area (Å²) in [7, 11) is 0. The van der Waals surface area contributed by atoms with Gasteiger partial charge in [-0.2, -0.15) is 0 Å². The van der Waals surface area contributed by atoms with Crippen molar-refractivity contribution in [2.45, 2.75) is 13.0 Å². The van der Waals surface area contributed by atoms with Crippen molar-refractivity contribution in [3.05, 3.63) is 34.1 Å². The average Bonchev–Trinajstić information content (AvgIpc) is 2.20. The zero-order valence-electron chi connectivity index (χ0n) is 8.44. The van der Waals surface area contributed by atoms with E-state index in [1.54, 1.807) is 0 Å². The average molecular weight is 227 g/mol. The van der Waals surface area contributed by atoms with Crippen LogP contribution in [0.5, 0.6) is 0 Å². The van der Waals surface area contributed by atoms with Crippen molar-refractivity contribution < 1.29 is 14.1 Å². The molecule has 0 saturated heterocycles. The lowest BCUT2D eigenvalue weighted by atomic mass is 10.2. The highest BCUT2D eigenvalue weighted by Crippen LogP contribution is 2.20. The van der Waals surface area contributed by atoms with Crippen LogP contribution in [0.15, 0.2) is 18.2 Å². The highest BCUT2D eigenvalue weighted by Gasteiger charge is 2.14. The summed E-state index contributed by atoms with van der Waals surface area (Å²) in [5.41, 5.74) is 4.76. The van der Waals surface area contributed by atoms with Gasteiger partial charge in [-0.25, -0.2) is 4.39 Å².